The van der Waals surface area contributed by atoms with E-state index < -0.39 is 11.7 Å². The molecule has 1 fully saturated rings. The van der Waals surface area contributed by atoms with Crippen LogP contribution >= 0.6 is 0 Å². The summed E-state index contributed by atoms with van der Waals surface area (Å²) in [5.74, 6) is -2.89. The van der Waals surface area contributed by atoms with E-state index in [0.717, 1.165) is 18.7 Å². The molecule has 0 spiro atoms. The Morgan fingerprint density at radius 2 is 2.07 bits per heavy atom. The van der Waals surface area contributed by atoms with Crippen molar-refractivity contribution in [1.29, 1.82) is 0 Å². The number of anilines is 2. The fourth-order valence-electron chi connectivity index (χ4n) is 3.51. The number of aromatic nitrogens is 4. The molecule has 1 amide bonds. The normalized spacial score (nSPS) is 17.0. The molecule has 1 aliphatic heterocycles. The van der Waals surface area contributed by atoms with Gasteiger partial charge in [-0.05, 0) is 12.5 Å². The number of ether oxygens (including phenoxy) is 1. The van der Waals surface area contributed by atoms with Crippen molar-refractivity contribution in [3.8, 4) is 5.82 Å². The van der Waals surface area contributed by atoms with Gasteiger partial charge < -0.3 is 19.5 Å². The van der Waals surface area contributed by atoms with Crippen LogP contribution in [-0.4, -0.2) is 51.7 Å². The molecule has 8 nitrogen and oxygen atoms in total. The lowest BCUT2D eigenvalue weighted by atomic mass is 10.3. The standard InChI is InChI=1S/C20H22F2N6O2/c1-12(29)24-16-8-15-13(10-23-16)4-7-28(15)18-9-17(25-19(26-18)20(2,21)22)27-6-5-14(11-27)30-3/h4,7-10,14H,5-6,11H2,1-3H3,(H,23,24,29)/t14-/m1/s1. The molecule has 0 radical (unpaired) electrons. The van der Waals surface area contributed by atoms with E-state index in [4.69, 9.17) is 4.74 Å². The van der Waals surface area contributed by atoms with E-state index in [9.17, 15) is 13.6 Å². The lowest BCUT2D eigenvalue weighted by Crippen LogP contribution is -2.25. The third-order valence-corrected chi connectivity index (χ3v) is 5.02. The zero-order chi connectivity index (χ0) is 21.5. The highest BCUT2D eigenvalue weighted by Crippen LogP contribution is 2.30. The second kappa shape index (κ2) is 7.60. The number of rotatable bonds is 5. The van der Waals surface area contributed by atoms with Crippen molar-refractivity contribution in [3.63, 3.8) is 0 Å². The van der Waals surface area contributed by atoms with Gasteiger partial charge in [-0.15, -0.1) is 0 Å². The molecule has 0 aromatic carbocycles. The molecule has 1 aliphatic rings. The summed E-state index contributed by atoms with van der Waals surface area (Å²) in [6.07, 6.45) is 4.17. The molecular formula is C20H22F2N6O2. The van der Waals surface area contributed by atoms with Crippen LogP contribution in [0, 0.1) is 0 Å². The van der Waals surface area contributed by atoms with E-state index in [1.54, 1.807) is 36.2 Å². The van der Waals surface area contributed by atoms with Crippen LogP contribution in [0.4, 0.5) is 20.4 Å². The van der Waals surface area contributed by atoms with Crippen molar-refractivity contribution in [1.82, 2.24) is 19.5 Å². The van der Waals surface area contributed by atoms with Crippen LogP contribution in [0.25, 0.3) is 16.7 Å². The van der Waals surface area contributed by atoms with E-state index >= 15 is 0 Å². The van der Waals surface area contributed by atoms with Crippen LogP contribution < -0.4 is 10.2 Å². The van der Waals surface area contributed by atoms with E-state index in [0.29, 0.717) is 36.1 Å². The number of carbonyl (C=O) groups excluding carboxylic acids is 1. The van der Waals surface area contributed by atoms with Crippen LogP contribution in [0.3, 0.4) is 0 Å². The minimum absolute atomic E-state index is 0.0349. The Morgan fingerprint density at radius 1 is 1.30 bits per heavy atom. The van der Waals surface area contributed by atoms with Gasteiger partial charge in [0.1, 0.15) is 17.5 Å². The van der Waals surface area contributed by atoms with Gasteiger partial charge in [-0.1, -0.05) is 0 Å². The number of amides is 1. The molecule has 1 N–H and O–H groups in total. The first kappa shape index (κ1) is 20.1. The van der Waals surface area contributed by atoms with Crippen molar-refractivity contribution < 1.29 is 18.3 Å². The molecule has 1 saturated heterocycles. The summed E-state index contributed by atoms with van der Waals surface area (Å²) < 4.78 is 35.4. The minimum Gasteiger partial charge on any atom is -0.380 e. The van der Waals surface area contributed by atoms with Crippen molar-refractivity contribution >= 4 is 28.4 Å². The smallest absolute Gasteiger partial charge is 0.303 e. The summed E-state index contributed by atoms with van der Waals surface area (Å²) in [6, 6.07) is 5.17. The predicted octanol–water partition coefficient (Wildman–Crippen LogP) is 3.11. The Hall–Kier alpha value is -3.14. The Bertz CT molecular complexity index is 1090. The van der Waals surface area contributed by atoms with Gasteiger partial charge in [0.15, 0.2) is 0 Å². The highest BCUT2D eigenvalue weighted by molar-refractivity contribution is 5.91. The van der Waals surface area contributed by atoms with Gasteiger partial charge in [0.2, 0.25) is 11.7 Å². The summed E-state index contributed by atoms with van der Waals surface area (Å²) in [6.45, 7) is 3.41. The molecule has 4 rings (SSSR count). The molecule has 0 bridgehead atoms. The SMILES string of the molecule is CO[C@@H]1CCN(c2cc(-n3ccc4cnc(NC(C)=O)cc43)nc(C(C)(F)F)n2)C1. The average molecular weight is 416 g/mol. The quantitative estimate of drug-likeness (QED) is 0.688. The summed E-state index contributed by atoms with van der Waals surface area (Å²) in [5, 5.41) is 3.42. The number of hydrogen-bond donors (Lipinski definition) is 1. The number of carbonyl (C=O) groups is 1. The number of nitrogens with one attached hydrogen (secondary N) is 1. The van der Waals surface area contributed by atoms with Gasteiger partial charge in [0.05, 0.1) is 11.6 Å². The van der Waals surface area contributed by atoms with Crippen molar-refractivity contribution in [2.75, 3.05) is 30.4 Å². The van der Waals surface area contributed by atoms with Gasteiger partial charge in [0, 0.05) is 64.0 Å². The molecule has 158 valence electrons. The Kier molecular flexibility index (Phi) is 5.10. The van der Waals surface area contributed by atoms with Gasteiger partial charge in [-0.3, -0.25) is 4.79 Å². The van der Waals surface area contributed by atoms with Crippen LogP contribution in [0.2, 0.25) is 0 Å². The van der Waals surface area contributed by atoms with Crippen molar-refractivity contribution in [3.05, 3.63) is 36.4 Å². The summed E-state index contributed by atoms with van der Waals surface area (Å²) in [5.41, 5.74) is 0.681. The van der Waals surface area contributed by atoms with Crippen LogP contribution in [0.1, 0.15) is 26.1 Å². The Labute approximate surface area is 171 Å². The number of alkyl halides is 2. The lowest BCUT2D eigenvalue weighted by molar-refractivity contribution is -0.114. The average Bonchev–Trinajstić information content (AvgIpc) is 3.33. The molecule has 1 atom stereocenters. The zero-order valence-electron chi connectivity index (χ0n) is 16.9. The third-order valence-electron chi connectivity index (χ3n) is 5.02. The Morgan fingerprint density at radius 3 is 2.73 bits per heavy atom. The molecule has 30 heavy (non-hydrogen) atoms. The maximum Gasteiger partial charge on any atom is 0.303 e. The lowest BCUT2D eigenvalue weighted by Gasteiger charge is -2.20. The monoisotopic (exact) mass is 416 g/mol. The number of methoxy groups -OCH3 is 1. The summed E-state index contributed by atoms with van der Waals surface area (Å²) >= 11 is 0. The first-order valence-corrected chi connectivity index (χ1v) is 9.55. The number of halogens is 2. The number of hydrogen-bond acceptors (Lipinski definition) is 6. The first-order chi connectivity index (χ1) is 14.2. The van der Waals surface area contributed by atoms with Gasteiger partial charge in [-0.25, -0.2) is 15.0 Å². The van der Waals surface area contributed by atoms with E-state index in [-0.39, 0.29) is 12.0 Å². The van der Waals surface area contributed by atoms with Crippen LogP contribution in [0.5, 0.6) is 0 Å². The van der Waals surface area contributed by atoms with Gasteiger partial charge in [-0.2, -0.15) is 8.78 Å². The molecule has 4 heterocycles. The predicted molar refractivity (Wildman–Crippen MR) is 108 cm³/mol. The largest absolute Gasteiger partial charge is 0.380 e. The highest BCUT2D eigenvalue weighted by atomic mass is 19.3. The topological polar surface area (TPSA) is 85.2 Å². The number of pyridine rings is 1. The number of nitrogens with zero attached hydrogens (tertiary/aromatic N) is 5. The van der Waals surface area contributed by atoms with E-state index in [1.807, 2.05) is 11.0 Å². The second-order valence-electron chi connectivity index (χ2n) is 7.38. The molecular weight excluding hydrogens is 394 g/mol. The number of fused-ring (bicyclic) bond motifs is 1. The molecule has 10 heteroatoms. The molecule has 3 aromatic rings. The van der Waals surface area contributed by atoms with Gasteiger partial charge >= 0.3 is 5.92 Å². The second-order valence-corrected chi connectivity index (χ2v) is 7.38. The highest BCUT2D eigenvalue weighted by Gasteiger charge is 2.32. The Balaban J connectivity index is 1.81. The molecule has 0 aliphatic carbocycles. The third kappa shape index (κ3) is 3.95. The minimum atomic E-state index is -3.20. The van der Waals surface area contributed by atoms with Crippen molar-refractivity contribution in [2.45, 2.75) is 32.3 Å². The molecule has 0 unspecified atom stereocenters. The first-order valence-electron chi connectivity index (χ1n) is 9.55. The van der Waals surface area contributed by atoms with E-state index in [2.05, 4.69) is 20.3 Å². The zero-order valence-corrected chi connectivity index (χ0v) is 16.9. The summed E-state index contributed by atoms with van der Waals surface area (Å²) in [4.78, 5) is 25.7. The fourth-order valence-corrected chi connectivity index (χ4v) is 3.51. The molecule has 0 saturated carbocycles. The van der Waals surface area contributed by atoms with Crippen LogP contribution in [-0.2, 0) is 15.5 Å². The van der Waals surface area contributed by atoms with Gasteiger partial charge in [0.25, 0.3) is 0 Å². The van der Waals surface area contributed by atoms with E-state index in [1.165, 1.54) is 6.92 Å². The maximum absolute atomic E-state index is 14.2. The fraction of sp³-hybridized carbons (Fsp3) is 0.400. The maximum atomic E-state index is 14.2. The van der Waals surface area contributed by atoms with Crippen molar-refractivity contribution in [2.24, 2.45) is 0 Å². The molecule has 3 aromatic heterocycles. The van der Waals surface area contributed by atoms with Crippen LogP contribution in [0.15, 0.2) is 30.6 Å². The summed E-state index contributed by atoms with van der Waals surface area (Å²) in [7, 11) is 1.64.